The number of ketones is 1. The normalized spacial score (nSPS) is 56.5. The van der Waals surface area contributed by atoms with Gasteiger partial charge in [-0.1, -0.05) is 13.8 Å². The molecular weight excluding hydrogens is 258 g/mol. The fourth-order valence-electron chi connectivity index (χ4n) is 7.06. The third kappa shape index (κ3) is 1.84. The lowest BCUT2D eigenvalue weighted by atomic mass is 9.45. The lowest BCUT2D eigenvalue weighted by Gasteiger charge is -2.60. The van der Waals surface area contributed by atoms with E-state index >= 15 is 0 Å². The van der Waals surface area contributed by atoms with Crippen molar-refractivity contribution in [3.63, 3.8) is 0 Å². The van der Waals surface area contributed by atoms with Crippen molar-refractivity contribution in [1.82, 2.24) is 0 Å². The van der Waals surface area contributed by atoms with E-state index in [1.807, 2.05) is 0 Å². The Morgan fingerprint density at radius 3 is 2.62 bits per heavy atom. The van der Waals surface area contributed by atoms with Crippen molar-refractivity contribution in [2.75, 3.05) is 0 Å². The molecule has 0 radical (unpaired) electrons. The number of nitrogens with two attached hydrogens (primary N) is 1. The van der Waals surface area contributed by atoms with Crippen LogP contribution >= 0.6 is 0 Å². The molecule has 0 saturated heterocycles. The molecule has 0 aliphatic heterocycles. The number of Topliss-reactive ketones (excluding diaryl/α,β-unsaturated/α-hetero) is 1. The zero-order valence-electron chi connectivity index (χ0n) is 13.7. The van der Waals surface area contributed by atoms with E-state index in [0.717, 1.165) is 30.6 Å². The quantitative estimate of drug-likeness (QED) is 0.734. The van der Waals surface area contributed by atoms with Gasteiger partial charge in [-0.3, -0.25) is 4.79 Å². The minimum Gasteiger partial charge on any atom is -0.328 e. The van der Waals surface area contributed by atoms with Crippen LogP contribution in [0, 0.1) is 34.5 Å². The average molecular weight is 289 g/mol. The third-order valence-electron chi connectivity index (χ3n) is 8.42. The van der Waals surface area contributed by atoms with Crippen LogP contribution in [0.3, 0.4) is 0 Å². The number of carbonyl (C=O) groups is 1. The summed E-state index contributed by atoms with van der Waals surface area (Å²) in [7, 11) is 0. The molecule has 0 heterocycles. The minimum atomic E-state index is 0.0371. The Labute approximate surface area is 129 Å². The molecule has 4 saturated carbocycles. The molecule has 2 N–H and O–H groups in total. The van der Waals surface area contributed by atoms with Crippen molar-refractivity contribution in [1.29, 1.82) is 0 Å². The first-order valence-electron chi connectivity index (χ1n) is 9.24. The summed E-state index contributed by atoms with van der Waals surface area (Å²) in [6.07, 6.45) is 11.0. The van der Waals surface area contributed by atoms with Gasteiger partial charge >= 0.3 is 0 Å². The highest BCUT2D eigenvalue weighted by Crippen LogP contribution is 2.65. The van der Waals surface area contributed by atoms with Crippen LogP contribution in [-0.4, -0.2) is 11.8 Å². The standard InChI is InChI=1S/C19H31NO/c1-18-9-7-13(20)11-12(18)3-4-14-15-5-6-17(21)19(15,2)10-8-16(14)18/h12-16H,3-11,20H2,1-2H3/t12?,13-,14+,15+,16+,18+,19+/m1/s1. The van der Waals surface area contributed by atoms with Crippen LogP contribution in [0.2, 0.25) is 0 Å². The van der Waals surface area contributed by atoms with Crippen molar-refractivity contribution < 1.29 is 4.79 Å². The topological polar surface area (TPSA) is 43.1 Å². The second-order valence-electron chi connectivity index (χ2n) is 9.11. The minimum absolute atomic E-state index is 0.0371. The predicted molar refractivity (Wildman–Crippen MR) is 84.7 cm³/mol. The smallest absolute Gasteiger partial charge is 0.139 e. The summed E-state index contributed by atoms with van der Waals surface area (Å²) >= 11 is 0. The largest absolute Gasteiger partial charge is 0.328 e. The molecule has 0 aromatic heterocycles. The van der Waals surface area contributed by atoms with Gasteiger partial charge in [-0.25, -0.2) is 0 Å². The Morgan fingerprint density at radius 2 is 1.81 bits per heavy atom. The summed E-state index contributed by atoms with van der Waals surface area (Å²) in [6, 6.07) is 0.446. The predicted octanol–water partition coefficient (Wildman–Crippen LogP) is 3.93. The van der Waals surface area contributed by atoms with Crippen LogP contribution in [0.4, 0.5) is 0 Å². The summed E-state index contributed by atoms with van der Waals surface area (Å²) in [5.41, 5.74) is 6.81. The molecule has 2 heteroatoms. The third-order valence-corrected chi connectivity index (χ3v) is 8.42. The van der Waals surface area contributed by atoms with Crippen LogP contribution in [0.15, 0.2) is 0 Å². The van der Waals surface area contributed by atoms with Crippen molar-refractivity contribution in [3.8, 4) is 0 Å². The summed E-state index contributed by atoms with van der Waals surface area (Å²) < 4.78 is 0. The van der Waals surface area contributed by atoms with Crippen molar-refractivity contribution in [3.05, 3.63) is 0 Å². The van der Waals surface area contributed by atoms with Gasteiger partial charge in [0, 0.05) is 17.9 Å². The van der Waals surface area contributed by atoms with E-state index in [1.165, 1.54) is 44.9 Å². The van der Waals surface area contributed by atoms with Crippen LogP contribution < -0.4 is 5.73 Å². The van der Waals surface area contributed by atoms with Crippen LogP contribution in [0.1, 0.15) is 71.6 Å². The van der Waals surface area contributed by atoms with E-state index in [-0.39, 0.29) is 5.41 Å². The Hall–Kier alpha value is -0.370. The highest BCUT2D eigenvalue weighted by molar-refractivity contribution is 5.87. The maximum absolute atomic E-state index is 12.4. The molecule has 0 bridgehead atoms. The summed E-state index contributed by atoms with van der Waals surface area (Å²) in [6.45, 7) is 4.86. The molecule has 0 amide bonds. The van der Waals surface area contributed by atoms with Gasteiger partial charge in [0.15, 0.2) is 0 Å². The molecule has 4 aliphatic carbocycles. The maximum atomic E-state index is 12.4. The second-order valence-corrected chi connectivity index (χ2v) is 9.11. The highest BCUT2D eigenvalue weighted by Gasteiger charge is 2.59. The van der Waals surface area contributed by atoms with Gasteiger partial charge in [0.1, 0.15) is 5.78 Å². The molecule has 7 atom stereocenters. The van der Waals surface area contributed by atoms with E-state index in [2.05, 4.69) is 13.8 Å². The van der Waals surface area contributed by atoms with Gasteiger partial charge in [-0.2, -0.15) is 0 Å². The second kappa shape index (κ2) is 4.57. The first kappa shape index (κ1) is 14.2. The van der Waals surface area contributed by atoms with Gasteiger partial charge < -0.3 is 5.73 Å². The average Bonchev–Trinajstić information content (AvgIpc) is 2.76. The molecule has 2 nitrogen and oxygen atoms in total. The molecule has 0 spiro atoms. The molecule has 1 unspecified atom stereocenters. The van der Waals surface area contributed by atoms with Crippen molar-refractivity contribution >= 4 is 5.78 Å². The van der Waals surface area contributed by atoms with Gasteiger partial charge in [-0.05, 0) is 80.5 Å². The molecule has 118 valence electrons. The fraction of sp³-hybridized carbons (Fsp3) is 0.947. The van der Waals surface area contributed by atoms with Crippen LogP contribution in [0.25, 0.3) is 0 Å². The maximum Gasteiger partial charge on any atom is 0.139 e. The summed E-state index contributed by atoms with van der Waals surface area (Å²) in [5.74, 6) is 3.81. The van der Waals surface area contributed by atoms with Crippen LogP contribution in [-0.2, 0) is 4.79 Å². The van der Waals surface area contributed by atoms with Gasteiger partial charge in [-0.15, -0.1) is 0 Å². The van der Waals surface area contributed by atoms with Gasteiger partial charge in [0.2, 0.25) is 0 Å². The highest BCUT2D eigenvalue weighted by atomic mass is 16.1. The Balaban J connectivity index is 1.64. The molecular formula is C19H31NO. The SMILES string of the molecule is C[C@]12CC[C@@H](N)CC1CC[C@@H]1[C@@H]2CC[C@]2(C)C(=O)CC[C@@H]12. The summed E-state index contributed by atoms with van der Waals surface area (Å²) in [4.78, 5) is 12.4. The number of hydrogen-bond donors (Lipinski definition) is 1. The Bertz CT molecular complexity index is 460. The molecule has 4 rings (SSSR count). The zero-order valence-corrected chi connectivity index (χ0v) is 13.7. The van der Waals surface area contributed by atoms with E-state index in [1.54, 1.807) is 0 Å². The van der Waals surface area contributed by atoms with E-state index in [0.29, 0.717) is 23.2 Å². The number of carbonyl (C=O) groups excluding carboxylic acids is 1. The van der Waals surface area contributed by atoms with Gasteiger partial charge in [0.05, 0.1) is 0 Å². The lowest BCUT2D eigenvalue weighted by Crippen LogP contribution is -2.54. The first-order chi connectivity index (χ1) is 9.95. The lowest BCUT2D eigenvalue weighted by molar-refractivity contribution is -0.139. The van der Waals surface area contributed by atoms with Crippen LogP contribution in [0.5, 0.6) is 0 Å². The van der Waals surface area contributed by atoms with Crippen molar-refractivity contribution in [2.45, 2.75) is 77.7 Å². The number of rotatable bonds is 0. The summed E-state index contributed by atoms with van der Waals surface area (Å²) in [5, 5.41) is 0. The zero-order chi connectivity index (χ0) is 14.8. The Morgan fingerprint density at radius 1 is 1.00 bits per heavy atom. The molecule has 0 aromatic carbocycles. The number of fused-ring (bicyclic) bond motifs is 5. The Kier molecular flexibility index (Phi) is 3.10. The van der Waals surface area contributed by atoms with Gasteiger partial charge in [0.25, 0.3) is 0 Å². The monoisotopic (exact) mass is 289 g/mol. The first-order valence-corrected chi connectivity index (χ1v) is 9.24. The molecule has 0 aromatic rings. The van der Waals surface area contributed by atoms with E-state index in [9.17, 15) is 4.79 Å². The van der Waals surface area contributed by atoms with E-state index < -0.39 is 0 Å². The molecule has 4 aliphatic rings. The molecule has 21 heavy (non-hydrogen) atoms. The molecule has 4 fully saturated rings. The van der Waals surface area contributed by atoms with Crippen molar-refractivity contribution in [2.24, 2.45) is 40.2 Å². The fourth-order valence-corrected chi connectivity index (χ4v) is 7.06. The number of hydrogen-bond acceptors (Lipinski definition) is 2. The van der Waals surface area contributed by atoms with E-state index in [4.69, 9.17) is 5.73 Å².